The minimum absolute atomic E-state index is 0.0177. The van der Waals surface area contributed by atoms with Crippen molar-refractivity contribution in [1.82, 2.24) is 10.2 Å². The van der Waals surface area contributed by atoms with Crippen LogP contribution in [-0.2, 0) is 13.0 Å². The van der Waals surface area contributed by atoms with E-state index < -0.39 is 0 Å². The molecule has 4 heteroatoms. The smallest absolute Gasteiger partial charge is 0.317 e. The Hall–Kier alpha value is -1.81. The van der Waals surface area contributed by atoms with Crippen molar-refractivity contribution in [3.8, 4) is 0 Å². The molecule has 0 atom stereocenters. The van der Waals surface area contributed by atoms with Crippen molar-refractivity contribution in [1.29, 1.82) is 0 Å². The Kier molecular flexibility index (Phi) is 6.66. The number of halogens is 1. The molecule has 2 aromatic carbocycles. The van der Waals surface area contributed by atoms with Crippen molar-refractivity contribution in [3.63, 3.8) is 0 Å². The Morgan fingerprint density at radius 3 is 2.39 bits per heavy atom. The largest absolute Gasteiger partial charge is 0.338 e. The van der Waals surface area contributed by atoms with Gasteiger partial charge in [-0.25, -0.2) is 4.79 Å². The van der Waals surface area contributed by atoms with E-state index in [1.165, 1.54) is 5.56 Å². The monoisotopic (exact) mass is 374 g/mol. The number of nitrogens with one attached hydrogen (secondary N) is 1. The predicted molar refractivity (Wildman–Crippen MR) is 98.4 cm³/mol. The van der Waals surface area contributed by atoms with E-state index in [0.717, 1.165) is 16.5 Å². The third-order valence-corrected chi connectivity index (χ3v) is 4.48. The molecule has 1 N–H and O–H groups in total. The van der Waals surface area contributed by atoms with E-state index in [1.54, 1.807) is 0 Å². The van der Waals surface area contributed by atoms with Gasteiger partial charge in [-0.3, -0.25) is 0 Å². The number of rotatable bonds is 6. The molecular weight excluding hydrogens is 352 g/mol. The van der Waals surface area contributed by atoms with Gasteiger partial charge in [0, 0.05) is 23.6 Å². The number of carbonyl (C=O) groups excluding carboxylic acids is 1. The van der Waals surface area contributed by atoms with Gasteiger partial charge in [-0.15, -0.1) is 0 Å². The summed E-state index contributed by atoms with van der Waals surface area (Å²) in [6.07, 6.45) is 0.810. The zero-order chi connectivity index (χ0) is 16.7. The molecule has 0 aromatic heterocycles. The molecule has 2 amide bonds. The van der Waals surface area contributed by atoms with Crippen LogP contribution in [0.15, 0.2) is 59.1 Å². The summed E-state index contributed by atoms with van der Waals surface area (Å²) < 4.78 is 1.08. The summed E-state index contributed by atoms with van der Waals surface area (Å²) in [5.74, 6) is 0. The van der Waals surface area contributed by atoms with Gasteiger partial charge >= 0.3 is 6.03 Å². The van der Waals surface area contributed by atoms with E-state index in [1.807, 2.05) is 67.3 Å². The van der Waals surface area contributed by atoms with Gasteiger partial charge in [-0.2, -0.15) is 0 Å². The fraction of sp³-hybridized carbons (Fsp3) is 0.316. The van der Waals surface area contributed by atoms with Crippen LogP contribution in [0.5, 0.6) is 0 Å². The highest BCUT2D eigenvalue weighted by atomic mass is 79.9. The predicted octanol–water partition coefficient (Wildman–Crippen LogP) is 4.61. The molecule has 0 heterocycles. The Morgan fingerprint density at radius 2 is 1.74 bits per heavy atom. The molecule has 0 saturated heterocycles. The first-order chi connectivity index (χ1) is 11.1. The summed E-state index contributed by atoms with van der Waals surface area (Å²) in [5.41, 5.74) is 2.34. The van der Waals surface area contributed by atoms with Crippen molar-refractivity contribution in [3.05, 3.63) is 70.2 Å². The van der Waals surface area contributed by atoms with Crippen molar-refractivity contribution in [2.45, 2.75) is 32.9 Å². The van der Waals surface area contributed by atoms with Crippen LogP contribution in [0, 0.1) is 0 Å². The zero-order valence-corrected chi connectivity index (χ0v) is 15.2. The summed E-state index contributed by atoms with van der Waals surface area (Å²) in [6.45, 7) is 5.32. The van der Waals surface area contributed by atoms with Gasteiger partial charge in [-0.05, 0) is 37.5 Å². The number of urea groups is 1. The molecule has 23 heavy (non-hydrogen) atoms. The lowest BCUT2D eigenvalue weighted by atomic mass is 10.1. The van der Waals surface area contributed by atoms with Crippen LogP contribution in [0.4, 0.5) is 4.79 Å². The van der Waals surface area contributed by atoms with E-state index in [2.05, 4.69) is 27.3 Å². The molecule has 0 saturated carbocycles. The standard InChI is InChI=1S/C19H23BrN2O/c1-15(2)22(14-16-8-4-3-5-9-16)19(23)21-13-12-17-10-6-7-11-18(17)20/h3-11,15H,12-14H2,1-2H3,(H,21,23). The lowest BCUT2D eigenvalue weighted by molar-refractivity contribution is 0.180. The average Bonchev–Trinajstić information content (AvgIpc) is 2.55. The molecule has 0 bridgehead atoms. The molecule has 0 aliphatic rings. The Labute approximate surface area is 146 Å². The lowest BCUT2D eigenvalue weighted by Gasteiger charge is -2.27. The maximum absolute atomic E-state index is 12.5. The highest BCUT2D eigenvalue weighted by Gasteiger charge is 2.16. The summed E-state index contributed by atoms with van der Waals surface area (Å²) in [6, 6.07) is 18.3. The van der Waals surface area contributed by atoms with E-state index in [-0.39, 0.29) is 12.1 Å². The third kappa shape index (κ3) is 5.39. The van der Waals surface area contributed by atoms with Crippen LogP contribution < -0.4 is 5.32 Å². The van der Waals surface area contributed by atoms with Crippen LogP contribution >= 0.6 is 15.9 Å². The van der Waals surface area contributed by atoms with Gasteiger partial charge < -0.3 is 10.2 Å². The minimum atomic E-state index is -0.0177. The zero-order valence-electron chi connectivity index (χ0n) is 13.6. The molecular formula is C19H23BrN2O. The van der Waals surface area contributed by atoms with E-state index >= 15 is 0 Å². The molecule has 0 fully saturated rings. The number of hydrogen-bond acceptors (Lipinski definition) is 1. The molecule has 0 radical (unpaired) electrons. The fourth-order valence-electron chi connectivity index (χ4n) is 2.38. The number of carbonyl (C=O) groups is 1. The maximum atomic E-state index is 12.5. The highest BCUT2D eigenvalue weighted by Crippen LogP contribution is 2.16. The van der Waals surface area contributed by atoms with Gasteiger partial charge in [0.2, 0.25) is 0 Å². The number of hydrogen-bond donors (Lipinski definition) is 1. The Balaban J connectivity index is 1.90. The quantitative estimate of drug-likeness (QED) is 0.786. The van der Waals surface area contributed by atoms with E-state index in [9.17, 15) is 4.79 Å². The Bertz CT molecular complexity index is 628. The van der Waals surface area contributed by atoms with Crippen LogP contribution in [0.2, 0.25) is 0 Å². The van der Waals surface area contributed by atoms with Crippen LogP contribution in [0.3, 0.4) is 0 Å². The molecule has 3 nitrogen and oxygen atoms in total. The molecule has 122 valence electrons. The number of benzene rings is 2. The van der Waals surface area contributed by atoms with Crippen molar-refractivity contribution < 1.29 is 4.79 Å². The van der Waals surface area contributed by atoms with Gasteiger partial charge in [0.15, 0.2) is 0 Å². The van der Waals surface area contributed by atoms with Crippen molar-refractivity contribution >= 4 is 22.0 Å². The van der Waals surface area contributed by atoms with E-state index in [0.29, 0.717) is 13.1 Å². The first-order valence-corrected chi connectivity index (χ1v) is 8.69. The second-order valence-electron chi connectivity index (χ2n) is 5.78. The first kappa shape index (κ1) is 17.5. The molecule has 0 aliphatic carbocycles. The second-order valence-corrected chi connectivity index (χ2v) is 6.63. The average molecular weight is 375 g/mol. The highest BCUT2D eigenvalue weighted by molar-refractivity contribution is 9.10. The minimum Gasteiger partial charge on any atom is -0.338 e. The van der Waals surface area contributed by atoms with Gasteiger partial charge in [0.25, 0.3) is 0 Å². The first-order valence-electron chi connectivity index (χ1n) is 7.89. The Morgan fingerprint density at radius 1 is 1.09 bits per heavy atom. The second kappa shape index (κ2) is 8.73. The van der Waals surface area contributed by atoms with Crippen molar-refractivity contribution in [2.24, 2.45) is 0 Å². The lowest BCUT2D eigenvalue weighted by Crippen LogP contribution is -2.44. The van der Waals surface area contributed by atoms with Crippen LogP contribution in [0.25, 0.3) is 0 Å². The molecule has 2 aromatic rings. The van der Waals surface area contributed by atoms with Gasteiger partial charge in [-0.1, -0.05) is 64.5 Å². The summed E-state index contributed by atoms with van der Waals surface area (Å²) in [4.78, 5) is 14.3. The SMILES string of the molecule is CC(C)N(Cc1ccccc1)C(=O)NCCc1ccccc1Br. The topological polar surface area (TPSA) is 32.3 Å². The van der Waals surface area contributed by atoms with Crippen LogP contribution in [0.1, 0.15) is 25.0 Å². The summed E-state index contributed by atoms with van der Waals surface area (Å²) in [5, 5.41) is 3.03. The molecule has 0 spiro atoms. The van der Waals surface area contributed by atoms with Gasteiger partial charge in [0.05, 0.1) is 0 Å². The third-order valence-electron chi connectivity index (χ3n) is 3.71. The van der Waals surface area contributed by atoms with Crippen LogP contribution in [-0.4, -0.2) is 23.5 Å². The van der Waals surface area contributed by atoms with Gasteiger partial charge in [0.1, 0.15) is 0 Å². The normalized spacial score (nSPS) is 10.6. The summed E-state index contributed by atoms with van der Waals surface area (Å²) >= 11 is 3.54. The number of nitrogens with zero attached hydrogens (tertiary/aromatic N) is 1. The van der Waals surface area contributed by atoms with Crippen molar-refractivity contribution in [2.75, 3.05) is 6.54 Å². The fourth-order valence-corrected chi connectivity index (χ4v) is 2.86. The molecule has 0 unspecified atom stereocenters. The molecule has 0 aliphatic heterocycles. The molecule has 2 rings (SSSR count). The maximum Gasteiger partial charge on any atom is 0.317 e. The van der Waals surface area contributed by atoms with E-state index in [4.69, 9.17) is 0 Å². The summed E-state index contributed by atoms with van der Waals surface area (Å²) in [7, 11) is 0. The number of amides is 2.